The van der Waals surface area contributed by atoms with E-state index in [1.165, 1.54) is 19.3 Å². The van der Waals surface area contributed by atoms with Crippen LogP contribution in [0.1, 0.15) is 44.9 Å². The molecule has 0 aromatic heterocycles. The maximum absolute atomic E-state index is 12.6. The highest BCUT2D eigenvalue weighted by molar-refractivity contribution is 14.0. The van der Waals surface area contributed by atoms with E-state index in [1.54, 1.807) is 7.05 Å². The molecule has 2 N–H and O–H groups in total. The minimum atomic E-state index is 0. The number of guanidine groups is 1. The number of aliphatic imine (C=N–C) groups is 1. The number of likely N-dealkylation sites (tertiary alicyclic amines) is 1. The van der Waals surface area contributed by atoms with Crippen molar-refractivity contribution in [2.24, 2.45) is 16.8 Å². The van der Waals surface area contributed by atoms with E-state index in [2.05, 4.69) is 20.5 Å². The third kappa shape index (κ3) is 5.98. The first kappa shape index (κ1) is 20.7. The largest absolute Gasteiger partial charge is 0.381 e. The number of ether oxygens (including phenoxy) is 1. The molecular formula is C18H33IN4O2. The number of hydrogen-bond donors (Lipinski definition) is 2. The monoisotopic (exact) mass is 464 g/mol. The molecule has 2 atom stereocenters. The molecule has 3 aliphatic rings. The highest BCUT2D eigenvalue weighted by atomic mass is 127. The summed E-state index contributed by atoms with van der Waals surface area (Å²) in [6.07, 6.45) is 8.02. The van der Waals surface area contributed by atoms with Crippen molar-refractivity contribution in [1.29, 1.82) is 0 Å². The van der Waals surface area contributed by atoms with Gasteiger partial charge in [0.1, 0.15) is 0 Å². The fourth-order valence-corrected chi connectivity index (χ4v) is 4.06. The lowest BCUT2D eigenvalue weighted by Crippen LogP contribution is -2.46. The average molecular weight is 464 g/mol. The van der Waals surface area contributed by atoms with Crippen molar-refractivity contribution in [1.82, 2.24) is 15.5 Å². The summed E-state index contributed by atoms with van der Waals surface area (Å²) in [4.78, 5) is 19.0. The van der Waals surface area contributed by atoms with Gasteiger partial charge in [0.25, 0.3) is 0 Å². The summed E-state index contributed by atoms with van der Waals surface area (Å²) < 4.78 is 5.41. The van der Waals surface area contributed by atoms with Crippen molar-refractivity contribution in [2.75, 3.05) is 39.9 Å². The molecule has 0 radical (unpaired) electrons. The summed E-state index contributed by atoms with van der Waals surface area (Å²) in [5, 5.41) is 6.88. The predicted octanol–water partition coefficient (Wildman–Crippen LogP) is 1.99. The second-order valence-electron chi connectivity index (χ2n) is 7.43. The summed E-state index contributed by atoms with van der Waals surface area (Å²) >= 11 is 0. The first-order chi connectivity index (χ1) is 11.8. The van der Waals surface area contributed by atoms with Gasteiger partial charge in [-0.05, 0) is 25.7 Å². The molecule has 1 aliphatic carbocycles. The highest BCUT2D eigenvalue weighted by Crippen LogP contribution is 2.26. The molecule has 0 aromatic carbocycles. The molecule has 0 aromatic rings. The third-order valence-electron chi connectivity index (χ3n) is 5.60. The summed E-state index contributed by atoms with van der Waals surface area (Å²) in [6.45, 7) is 4.30. The first-order valence-corrected chi connectivity index (χ1v) is 9.60. The molecule has 3 fully saturated rings. The van der Waals surface area contributed by atoms with E-state index >= 15 is 0 Å². The van der Waals surface area contributed by atoms with E-state index in [-0.39, 0.29) is 29.9 Å². The Morgan fingerprint density at radius 3 is 2.68 bits per heavy atom. The molecule has 2 heterocycles. The Morgan fingerprint density at radius 2 is 2.00 bits per heavy atom. The number of carbonyl (C=O) groups excluding carboxylic acids is 1. The molecule has 2 saturated heterocycles. The summed E-state index contributed by atoms with van der Waals surface area (Å²) in [6, 6.07) is 0.309. The van der Waals surface area contributed by atoms with Crippen molar-refractivity contribution in [3.05, 3.63) is 0 Å². The minimum absolute atomic E-state index is 0. The fourth-order valence-electron chi connectivity index (χ4n) is 4.06. The Morgan fingerprint density at radius 1 is 1.20 bits per heavy atom. The van der Waals surface area contributed by atoms with Crippen molar-refractivity contribution in [2.45, 2.75) is 51.0 Å². The van der Waals surface area contributed by atoms with Crippen LogP contribution in [0.15, 0.2) is 4.99 Å². The smallest absolute Gasteiger partial charge is 0.225 e. The first-order valence-electron chi connectivity index (χ1n) is 9.60. The lowest BCUT2D eigenvalue weighted by molar-refractivity contribution is -0.135. The fraction of sp³-hybridized carbons (Fsp3) is 0.889. The molecular weight excluding hydrogens is 431 g/mol. The number of amides is 1. The second-order valence-corrected chi connectivity index (χ2v) is 7.43. The number of nitrogens with one attached hydrogen (secondary N) is 2. The van der Waals surface area contributed by atoms with Crippen molar-refractivity contribution in [3.8, 4) is 0 Å². The zero-order chi connectivity index (χ0) is 16.8. The Hall–Kier alpha value is -0.570. The van der Waals surface area contributed by atoms with E-state index in [1.807, 2.05) is 0 Å². The molecule has 6 nitrogen and oxygen atoms in total. The maximum Gasteiger partial charge on any atom is 0.225 e. The van der Waals surface area contributed by atoms with E-state index in [4.69, 9.17) is 4.74 Å². The minimum Gasteiger partial charge on any atom is -0.381 e. The second kappa shape index (κ2) is 10.5. The molecule has 1 amide bonds. The van der Waals surface area contributed by atoms with Gasteiger partial charge in [-0.15, -0.1) is 24.0 Å². The molecule has 3 rings (SSSR count). The van der Waals surface area contributed by atoms with Gasteiger partial charge in [-0.1, -0.05) is 19.3 Å². The average Bonchev–Trinajstić information content (AvgIpc) is 3.30. The van der Waals surface area contributed by atoms with Gasteiger partial charge in [0.2, 0.25) is 5.91 Å². The predicted molar refractivity (Wildman–Crippen MR) is 110 cm³/mol. The van der Waals surface area contributed by atoms with Crippen LogP contribution in [0, 0.1) is 11.8 Å². The van der Waals surface area contributed by atoms with Crippen molar-refractivity contribution < 1.29 is 9.53 Å². The van der Waals surface area contributed by atoms with Crippen LogP contribution >= 0.6 is 24.0 Å². The van der Waals surface area contributed by atoms with Gasteiger partial charge in [-0.2, -0.15) is 0 Å². The molecule has 144 valence electrons. The molecule has 0 bridgehead atoms. The van der Waals surface area contributed by atoms with Gasteiger partial charge in [0, 0.05) is 51.2 Å². The van der Waals surface area contributed by atoms with Crippen LogP contribution in [0.2, 0.25) is 0 Å². The van der Waals surface area contributed by atoms with Crippen LogP contribution < -0.4 is 10.6 Å². The summed E-state index contributed by atoms with van der Waals surface area (Å²) in [5.74, 6) is 2.08. The van der Waals surface area contributed by atoms with E-state index in [0.717, 1.165) is 64.5 Å². The molecule has 25 heavy (non-hydrogen) atoms. The highest BCUT2D eigenvalue weighted by Gasteiger charge is 2.31. The molecule has 0 spiro atoms. The van der Waals surface area contributed by atoms with Crippen molar-refractivity contribution >= 4 is 35.8 Å². The van der Waals surface area contributed by atoms with Gasteiger partial charge in [0.05, 0.1) is 6.61 Å². The lowest BCUT2D eigenvalue weighted by atomic mass is 9.88. The van der Waals surface area contributed by atoms with Crippen LogP contribution in [0.4, 0.5) is 0 Å². The van der Waals surface area contributed by atoms with Crippen LogP contribution in [0.3, 0.4) is 0 Å². The van der Waals surface area contributed by atoms with Gasteiger partial charge in [-0.25, -0.2) is 0 Å². The SMILES string of the molecule is CN=C(NCC1CCOC1)NC1CCN(C(=O)C2CCCCC2)C1.I. The molecule has 7 heteroatoms. The van der Waals surface area contributed by atoms with Crippen LogP contribution in [0.25, 0.3) is 0 Å². The number of nitrogens with zero attached hydrogens (tertiary/aromatic N) is 2. The molecule has 2 aliphatic heterocycles. The topological polar surface area (TPSA) is 66.0 Å². The summed E-state index contributed by atoms with van der Waals surface area (Å²) in [5.41, 5.74) is 0. The quantitative estimate of drug-likeness (QED) is 0.380. The van der Waals surface area contributed by atoms with Crippen LogP contribution in [-0.4, -0.2) is 62.7 Å². The van der Waals surface area contributed by atoms with Crippen LogP contribution in [-0.2, 0) is 9.53 Å². The number of carbonyl (C=O) groups is 1. The Balaban J connectivity index is 0.00000225. The van der Waals surface area contributed by atoms with E-state index in [0.29, 0.717) is 17.9 Å². The zero-order valence-electron chi connectivity index (χ0n) is 15.3. The van der Waals surface area contributed by atoms with E-state index < -0.39 is 0 Å². The number of halogens is 1. The Bertz CT molecular complexity index is 448. The van der Waals surface area contributed by atoms with Gasteiger partial charge in [0.15, 0.2) is 5.96 Å². The molecule has 1 saturated carbocycles. The number of rotatable bonds is 4. The molecule has 2 unspecified atom stereocenters. The van der Waals surface area contributed by atoms with E-state index in [9.17, 15) is 4.79 Å². The normalized spacial score (nSPS) is 27.9. The standard InChI is InChI=1S/C18H32N4O2.HI/c1-19-18(20-11-14-8-10-24-13-14)21-16-7-9-22(12-16)17(23)15-5-3-2-4-6-15;/h14-16H,2-13H2,1H3,(H2,19,20,21);1H. The zero-order valence-corrected chi connectivity index (χ0v) is 17.7. The third-order valence-corrected chi connectivity index (χ3v) is 5.60. The summed E-state index contributed by atoms with van der Waals surface area (Å²) in [7, 11) is 1.81. The number of hydrogen-bond acceptors (Lipinski definition) is 3. The lowest BCUT2D eigenvalue weighted by Gasteiger charge is -2.26. The maximum atomic E-state index is 12.6. The Labute approximate surface area is 168 Å². The van der Waals surface area contributed by atoms with Gasteiger partial charge < -0.3 is 20.3 Å². The van der Waals surface area contributed by atoms with Gasteiger partial charge >= 0.3 is 0 Å². The van der Waals surface area contributed by atoms with Crippen molar-refractivity contribution in [3.63, 3.8) is 0 Å². The van der Waals surface area contributed by atoms with Crippen LogP contribution in [0.5, 0.6) is 0 Å². The van der Waals surface area contributed by atoms with Gasteiger partial charge in [-0.3, -0.25) is 9.79 Å². The Kier molecular flexibility index (Phi) is 8.75.